The van der Waals surface area contributed by atoms with Crippen LogP contribution in [0.3, 0.4) is 0 Å². The molecule has 1 aromatic carbocycles. The lowest BCUT2D eigenvalue weighted by atomic mass is 10.2. The predicted molar refractivity (Wildman–Crippen MR) is 67.8 cm³/mol. The van der Waals surface area contributed by atoms with E-state index in [4.69, 9.17) is 11.6 Å². The zero-order chi connectivity index (χ0) is 12.5. The number of aryl methyl sites for hydroxylation is 1. The minimum atomic E-state index is -3.37. The molecule has 0 amide bonds. The molecule has 2 rings (SSSR count). The Labute approximate surface area is 107 Å². The van der Waals surface area contributed by atoms with E-state index in [0.717, 1.165) is 0 Å². The maximum Gasteiger partial charge on any atom is 0.243 e. The van der Waals surface area contributed by atoms with Crippen LogP contribution >= 0.6 is 11.6 Å². The molecule has 0 radical (unpaired) electrons. The van der Waals surface area contributed by atoms with Crippen molar-refractivity contribution in [1.82, 2.24) is 9.62 Å². The van der Waals surface area contributed by atoms with E-state index in [1.807, 2.05) is 0 Å². The summed E-state index contributed by atoms with van der Waals surface area (Å²) in [5, 5.41) is 3.69. The highest BCUT2D eigenvalue weighted by Crippen LogP contribution is 2.23. The van der Waals surface area contributed by atoms with Gasteiger partial charge in [-0.05, 0) is 30.7 Å². The molecular weight excluding hydrogens is 260 g/mol. The number of hydrogen-bond donors (Lipinski definition) is 1. The molecule has 6 heteroatoms. The number of nitrogens with one attached hydrogen (secondary N) is 1. The highest BCUT2D eigenvalue weighted by molar-refractivity contribution is 7.89. The first-order valence-electron chi connectivity index (χ1n) is 5.49. The van der Waals surface area contributed by atoms with Crippen LogP contribution in [-0.2, 0) is 10.0 Å². The third-order valence-electron chi connectivity index (χ3n) is 2.83. The highest BCUT2D eigenvalue weighted by atomic mass is 35.5. The smallest absolute Gasteiger partial charge is 0.243 e. The van der Waals surface area contributed by atoms with Crippen LogP contribution in [0, 0.1) is 6.92 Å². The molecule has 1 aliphatic rings. The van der Waals surface area contributed by atoms with Crippen molar-refractivity contribution in [2.45, 2.75) is 11.8 Å². The molecule has 1 N–H and O–H groups in total. The average molecular weight is 275 g/mol. The van der Waals surface area contributed by atoms with Crippen LogP contribution in [-0.4, -0.2) is 38.9 Å². The van der Waals surface area contributed by atoms with Crippen LogP contribution in [0.4, 0.5) is 0 Å². The maximum atomic E-state index is 12.4. The van der Waals surface area contributed by atoms with Crippen molar-refractivity contribution in [3.63, 3.8) is 0 Å². The van der Waals surface area contributed by atoms with Crippen LogP contribution in [0.1, 0.15) is 5.56 Å². The van der Waals surface area contributed by atoms with Gasteiger partial charge in [0.1, 0.15) is 0 Å². The largest absolute Gasteiger partial charge is 0.314 e. The number of piperazine rings is 1. The summed E-state index contributed by atoms with van der Waals surface area (Å²) in [6.45, 7) is 4.20. The standard InChI is InChI=1S/C11H15ClN2O2S/c1-9-8-10(12)2-3-11(9)17(15,16)14-6-4-13-5-7-14/h2-3,8,13H,4-7H2,1H3. The summed E-state index contributed by atoms with van der Waals surface area (Å²) >= 11 is 5.83. The summed E-state index contributed by atoms with van der Waals surface area (Å²) in [6.07, 6.45) is 0. The van der Waals surface area contributed by atoms with Gasteiger partial charge in [-0.3, -0.25) is 0 Å². The van der Waals surface area contributed by atoms with E-state index in [-0.39, 0.29) is 0 Å². The van der Waals surface area contributed by atoms with Crippen molar-refractivity contribution in [1.29, 1.82) is 0 Å². The molecule has 0 spiro atoms. The Balaban J connectivity index is 2.37. The van der Waals surface area contributed by atoms with Crippen LogP contribution in [0.25, 0.3) is 0 Å². The van der Waals surface area contributed by atoms with Crippen molar-refractivity contribution in [3.8, 4) is 0 Å². The Morgan fingerprint density at radius 3 is 2.53 bits per heavy atom. The molecule has 17 heavy (non-hydrogen) atoms. The van der Waals surface area contributed by atoms with Gasteiger partial charge in [0.15, 0.2) is 0 Å². The van der Waals surface area contributed by atoms with Gasteiger partial charge < -0.3 is 5.32 Å². The molecule has 0 atom stereocenters. The molecule has 1 aromatic rings. The molecule has 4 nitrogen and oxygen atoms in total. The summed E-state index contributed by atoms with van der Waals surface area (Å²) in [4.78, 5) is 0.351. The molecule has 0 aromatic heterocycles. The van der Waals surface area contributed by atoms with Crippen LogP contribution in [0.2, 0.25) is 5.02 Å². The lowest BCUT2D eigenvalue weighted by Gasteiger charge is -2.27. The van der Waals surface area contributed by atoms with Gasteiger partial charge in [-0.2, -0.15) is 4.31 Å². The third-order valence-corrected chi connectivity index (χ3v) is 5.12. The molecule has 94 valence electrons. The Hall–Kier alpha value is -0.620. The van der Waals surface area contributed by atoms with Gasteiger partial charge in [-0.25, -0.2) is 8.42 Å². The first-order valence-corrected chi connectivity index (χ1v) is 7.30. The number of hydrogen-bond acceptors (Lipinski definition) is 3. The van der Waals surface area contributed by atoms with Gasteiger partial charge in [0.05, 0.1) is 4.90 Å². The zero-order valence-electron chi connectivity index (χ0n) is 9.61. The van der Waals surface area contributed by atoms with Crippen molar-refractivity contribution in [2.24, 2.45) is 0 Å². The van der Waals surface area contributed by atoms with Crippen LogP contribution < -0.4 is 5.32 Å². The quantitative estimate of drug-likeness (QED) is 0.883. The predicted octanol–water partition coefficient (Wildman–Crippen LogP) is 1.24. The third kappa shape index (κ3) is 2.63. The topological polar surface area (TPSA) is 49.4 Å². The van der Waals surface area contributed by atoms with Crippen LogP contribution in [0.15, 0.2) is 23.1 Å². The van der Waals surface area contributed by atoms with Crippen molar-refractivity contribution in [3.05, 3.63) is 28.8 Å². The van der Waals surface area contributed by atoms with Gasteiger partial charge in [-0.15, -0.1) is 0 Å². The molecule has 0 bridgehead atoms. The number of benzene rings is 1. The fraction of sp³-hybridized carbons (Fsp3) is 0.455. The van der Waals surface area contributed by atoms with Gasteiger partial charge in [-0.1, -0.05) is 11.6 Å². The number of sulfonamides is 1. The Kier molecular flexibility index (Phi) is 3.73. The number of rotatable bonds is 2. The van der Waals surface area contributed by atoms with Crippen molar-refractivity contribution >= 4 is 21.6 Å². The molecule has 0 saturated carbocycles. The van der Waals surface area contributed by atoms with Crippen LogP contribution in [0.5, 0.6) is 0 Å². The minimum absolute atomic E-state index is 0.351. The normalized spacial score (nSPS) is 18.2. The lowest BCUT2D eigenvalue weighted by Crippen LogP contribution is -2.46. The summed E-state index contributed by atoms with van der Waals surface area (Å²) in [5.74, 6) is 0. The maximum absolute atomic E-state index is 12.4. The SMILES string of the molecule is Cc1cc(Cl)ccc1S(=O)(=O)N1CCNCC1. The van der Waals surface area contributed by atoms with E-state index in [0.29, 0.717) is 41.7 Å². The number of nitrogens with zero attached hydrogens (tertiary/aromatic N) is 1. The second-order valence-corrected chi connectivity index (χ2v) is 6.41. The lowest BCUT2D eigenvalue weighted by molar-refractivity contribution is 0.360. The Morgan fingerprint density at radius 2 is 1.94 bits per heavy atom. The molecule has 1 fully saturated rings. The first-order chi connectivity index (χ1) is 8.01. The van der Waals surface area contributed by atoms with E-state index < -0.39 is 10.0 Å². The molecule has 1 saturated heterocycles. The second-order valence-electron chi connectivity index (χ2n) is 4.06. The van der Waals surface area contributed by atoms with Crippen molar-refractivity contribution in [2.75, 3.05) is 26.2 Å². The van der Waals surface area contributed by atoms with E-state index >= 15 is 0 Å². The van der Waals surface area contributed by atoms with Crippen molar-refractivity contribution < 1.29 is 8.42 Å². The molecule has 0 aliphatic carbocycles. The Bertz CT molecular complexity index is 510. The molecular formula is C11H15ClN2O2S. The summed E-state index contributed by atoms with van der Waals surface area (Å²) in [5.41, 5.74) is 0.691. The fourth-order valence-electron chi connectivity index (χ4n) is 1.93. The molecule has 0 unspecified atom stereocenters. The van der Waals surface area contributed by atoms with E-state index in [1.54, 1.807) is 25.1 Å². The first kappa shape index (κ1) is 12.8. The minimum Gasteiger partial charge on any atom is -0.314 e. The van der Waals surface area contributed by atoms with E-state index in [1.165, 1.54) is 4.31 Å². The van der Waals surface area contributed by atoms with E-state index in [2.05, 4.69) is 5.32 Å². The zero-order valence-corrected chi connectivity index (χ0v) is 11.2. The average Bonchev–Trinajstić information content (AvgIpc) is 2.29. The Morgan fingerprint density at radius 1 is 1.29 bits per heavy atom. The summed E-state index contributed by atoms with van der Waals surface area (Å²) in [7, 11) is -3.37. The summed E-state index contributed by atoms with van der Waals surface area (Å²) < 4.78 is 26.3. The molecule has 1 aliphatic heterocycles. The van der Waals surface area contributed by atoms with Gasteiger partial charge >= 0.3 is 0 Å². The summed E-state index contributed by atoms with van der Waals surface area (Å²) in [6, 6.07) is 4.87. The van der Waals surface area contributed by atoms with Gasteiger partial charge in [0.2, 0.25) is 10.0 Å². The molecule has 1 heterocycles. The van der Waals surface area contributed by atoms with Gasteiger partial charge in [0, 0.05) is 31.2 Å². The highest BCUT2D eigenvalue weighted by Gasteiger charge is 2.26. The van der Waals surface area contributed by atoms with Gasteiger partial charge in [0.25, 0.3) is 0 Å². The fourth-order valence-corrected chi connectivity index (χ4v) is 3.80. The van der Waals surface area contributed by atoms with E-state index in [9.17, 15) is 8.42 Å². The monoisotopic (exact) mass is 274 g/mol. The second kappa shape index (κ2) is 4.94. The number of halogens is 1.